The molecule has 62 heavy (non-hydrogen) atoms. The van der Waals surface area contributed by atoms with Gasteiger partial charge in [-0.05, 0) is 109 Å². The van der Waals surface area contributed by atoms with Gasteiger partial charge in [-0.1, -0.05) is 59.1 Å². The number of methoxy groups -OCH3 is 1. The lowest BCUT2D eigenvalue weighted by Gasteiger charge is -2.50. The van der Waals surface area contributed by atoms with Crippen molar-refractivity contribution in [3.05, 3.63) is 148 Å². The number of aromatic hydroxyl groups is 1. The first-order chi connectivity index (χ1) is 29.8. The smallest absolute Gasteiger partial charge is 0.260 e. The van der Waals surface area contributed by atoms with E-state index in [1.807, 2.05) is 49.3 Å². The van der Waals surface area contributed by atoms with Gasteiger partial charge in [0, 0.05) is 36.3 Å². The van der Waals surface area contributed by atoms with Crippen LogP contribution in [-0.4, -0.2) is 54.9 Å². The number of phenolic OH excluding ortho intramolecular Hbond substituents is 1. The van der Waals surface area contributed by atoms with Gasteiger partial charge in [0.2, 0.25) is 11.8 Å². The number of carbonyl (C=O) groups excluding carboxylic acids is 4. The maximum Gasteiger partial charge on any atom is 0.260 e. The fourth-order valence-corrected chi connectivity index (χ4v) is 10.3. The summed E-state index contributed by atoms with van der Waals surface area (Å²) in [5.74, 6) is -8.15. The van der Waals surface area contributed by atoms with Gasteiger partial charge in [-0.25, -0.2) is 4.39 Å². The van der Waals surface area contributed by atoms with E-state index < -0.39 is 70.2 Å². The molecule has 2 heterocycles. The Balaban J connectivity index is 1.12. The Morgan fingerprint density at radius 1 is 0.839 bits per heavy atom. The molecule has 2 saturated heterocycles. The number of carbonyl (C=O) groups is 4. The highest BCUT2D eigenvalue weighted by Gasteiger charge is 2.70. The minimum atomic E-state index is -1.78. The van der Waals surface area contributed by atoms with Gasteiger partial charge in [0.1, 0.15) is 5.75 Å². The molecule has 5 aromatic carbocycles. The number of allylic oxidation sites excluding steroid dienone is 2. The first-order valence-corrected chi connectivity index (χ1v) is 20.7. The Bertz CT molecular complexity index is 2710. The molecule has 5 aromatic rings. The van der Waals surface area contributed by atoms with Gasteiger partial charge >= 0.3 is 0 Å². The molecule has 9 rings (SSSR count). The summed E-state index contributed by atoms with van der Waals surface area (Å²) in [5, 5.41) is 21.6. The Labute approximate surface area is 366 Å². The largest absolute Gasteiger partial charge is 0.505 e. The number of para-hydroxylation sites is 1. The first-order valence-electron chi connectivity index (χ1n) is 19.9. The van der Waals surface area contributed by atoms with Gasteiger partial charge in [0.25, 0.3) is 11.8 Å². The minimum absolute atomic E-state index is 0.0234. The number of hydrogen-bond acceptors (Lipinski definition) is 10. The molecular weight excluding hydrogens is 834 g/mol. The van der Waals surface area contributed by atoms with E-state index in [0.717, 1.165) is 16.8 Å². The van der Waals surface area contributed by atoms with E-state index in [0.29, 0.717) is 39.0 Å². The summed E-state index contributed by atoms with van der Waals surface area (Å²) >= 11 is 12.7. The Hall–Kier alpha value is -6.57. The van der Waals surface area contributed by atoms with Gasteiger partial charge < -0.3 is 14.7 Å². The van der Waals surface area contributed by atoms with E-state index >= 15 is 9.18 Å². The molecule has 0 spiro atoms. The van der Waals surface area contributed by atoms with Crippen LogP contribution in [0.1, 0.15) is 29.9 Å². The van der Waals surface area contributed by atoms with Gasteiger partial charge in [-0.3, -0.25) is 29.5 Å². The van der Waals surface area contributed by atoms with Crippen molar-refractivity contribution in [1.82, 2.24) is 5.01 Å². The fourth-order valence-electron chi connectivity index (χ4n) is 9.81. The van der Waals surface area contributed by atoms with Crippen LogP contribution in [0.25, 0.3) is 0 Å². The van der Waals surface area contributed by atoms with Gasteiger partial charge in [-0.2, -0.15) is 15.2 Å². The maximum absolute atomic E-state index is 15.5. The summed E-state index contributed by atoms with van der Waals surface area (Å²) in [5.41, 5.74) is 4.90. The zero-order valence-corrected chi connectivity index (χ0v) is 35.1. The predicted octanol–water partition coefficient (Wildman–Crippen LogP) is 9.52. The number of rotatable bonds is 9. The average Bonchev–Trinajstić information content (AvgIpc) is 3.65. The number of benzene rings is 5. The molecule has 4 amide bonds. The molecule has 2 aliphatic heterocycles. The zero-order chi connectivity index (χ0) is 43.6. The van der Waals surface area contributed by atoms with Crippen molar-refractivity contribution in [1.29, 1.82) is 0 Å². The van der Waals surface area contributed by atoms with Crippen LogP contribution in [0.3, 0.4) is 0 Å². The van der Waals surface area contributed by atoms with E-state index in [-0.39, 0.29) is 29.1 Å². The van der Waals surface area contributed by atoms with Crippen LogP contribution in [0.15, 0.2) is 131 Å². The van der Waals surface area contributed by atoms with E-state index in [9.17, 15) is 19.5 Å². The monoisotopic (exact) mass is 872 g/mol. The molecule has 4 aliphatic rings. The maximum atomic E-state index is 15.5. The Morgan fingerprint density at radius 2 is 1.52 bits per heavy atom. The summed E-state index contributed by atoms with van der Waals surface area (Å²) in [6.07, 6.45) is 1.93. The SMILES string of the molecule is COc1ccc(C23C(=O)N(Nc4ccc(Cl)cc4Cl)C(=O)C2CC2C(=CCC4C(=O)N(c5ccc(N=Nc6ccc(N(C)C)cc6)cc5)C(=O)C42)C3c2cccc(F)c2O)cc1. The van der Waals surface area contributed by atoms with Crippen LogP contribution in [0.4, 0.5) is 32.8 Å². The van der Waals surface area contributed by atoms with Crippen molar-refractivity contribution in [2.75, 3.05) is 36.4 Å². The topological polar surface area (TPSA) is 144 Å². The number of ether oxygens (including phenoxy) is 1. The highest BCUT2D eigenvalue weighted by Crippen LogP contribution is 2.65. The van der Waals surface area contributed by atoms with Crippen molar-refractivity contribution in [2.45, 2.75) is 24.2 Å². The summed E-state index contributed by atoms with van der Waals surface area (Å²) in [6.45, 7) is 0. The average molecular weight is 874 g/mol. The number of amides is 4. The lowest BCUT2D eigenvalue weighted by atomic mass is 9.49. The molecule has 2 aliphatic carbocycles. The van der Waals surface area contributed by atoms with Crippen LogP contribution in [-0.2, 0) is 24.6 Å². The van der Waals surface area contributed by atoms with Crippen LogP contribution in [0, 0.1) is 29.5 Å². The zero-order valence-electron chi connectivity index (χ0n) is 33.6. The molecular formula is C47H39Cl2FN6O6. The van der Waals surface area contributed by atoms with Crippen molar-refractivity contribution < 1.29 is 33.4 Å². The van der Waals surface area contributed by atoms with Crippen molar-refractivity contribution in [2.24, 2.45) is 33.9 Å². The van der Waals surface area contributed by atoms with Gasteiger partial charge in [0.15, 0.2) is 11.6 Å². The number of nitrogens with zero attached hydrogens (tertiary/aromatic N) is 5. The standard InChI is InChI=1S/C47H39Cl2FN6O6/c1-54(2)29-14-10-27(11-15-29)51-52-28-12-16-30(17-13-28)55-43(58)33-21-20-32-35(40(33)45(55)60)24-36-44(59)56(53-39-22-9-26(48)23-37(39)49)46(61)47(36,25-7-18-31(62-3)19-8-25)41(32)34-5-4-6-38(50)42(34)57/h4-20,22-23,33,35-36,40-41,53,57H,21,24H2,1-3H3. The summed E-state index contributed by atoms with van der Waals surface area (Å²) in [4.78, 5) is 62.7. The van der Waals surface area contributed by atoms with Crippen LogP contribution in [0.2, 0.25) is 10.0 Å². The second-order valence-corrected chi connectivity index (χ2v) is 16.9. The number of hydrazine groups is 1. The second kappa shape index (κ2) is 15.7. The van der Waals surface area contributed by atoms with Gasteiger partial charge in [-0.15, -0.1) is 0 Å². The number of phenols is 1. The molecule has 6 unspecified atom stereocenters. The number of hydrogen-bond donors (Lipinski definition) is 2. The molecule has 15 heteroatoms. The lowest BCUT2D eigenvalue weighted by molar-refractivity contribution is -0.138. The van der Waals surface area contributed by atoms with E-state index in [4.69, 9.17) is 27.9 Å². The Morgan fingerprint density at radius 3 is 2.16 bits per heavy atom. The highest BCUT2D eigenvalue weighted by atomic mass is 35.5. The molecule has 2 N–H and O–H groups in total. The van der Waals surface area contributed by atoms with E-state index in [2.05, 4.69) is 15.7 Å². The third-order valence-electron chi connectivity index (χ3n) is 12.7. The number of halogens is 3. The third-order valence-corrected chi connectivity index (χ3v) is 13.2. The molecule has 0 radical (unpaired) electrons. The van der Waals surface area contributed by atoms with Crippen molar-refractivity contribution in [3.8, 4) is 11.5 Å². The van der Waals surface area contributed by atoms with E-state index in [1.165, 1.54) is 36.3 Å². The van der Waals surface area contributed by atoms with Crippen LogP contribution < -0.4 is 20.0 Å². The normalized spacial score (nSPS) is 24.2. The van der Waals surface area contributed by atoms with E-state index in [1.54, 1.807) is 54.6 Å². The lowest BCUT2D eigenvalue weighted by Crippen LogP contribution is -2.53. The van der Waals surface area contributed by atoms with Crippen LogP contribution >= 0.6 is 23.2 Å². The van der Waals surface area contributed by atoms with Crippen molar-refractivity contribution >= 4 is 75.3 Å². The third kappa shape index (κ3) is 6.49. The summed E-state index contributed by atoms with van der Waals surface area (Å²) < 4.78 is 21.0. The summed E-state index contributed by atoms with van der Waals surface area (Å²) in [7, 11) is 5.39. The molecule has 3 fully saturated rings. The fraction of sp³-hybridized carbons (Fsp3) is 0.234. The number of nitrogens with one attached hydrogen (secondary N) is 1. The molecule has 0 bridgehead atoms. The first kappa shape index (κ1) is 40.8. The molecule has 6 atom stereocenters. The van der Waals surface area contributed by atoms with Gasteiger partial charge in [0.05, 0.1) is 58.1 Å². The van der Waals surface area contributed by atoms with Crippen LogP contribution in [0.5, 0.6) is 11.5 Å². The quantitative estimate of drug-likeness (QED) is 0.0847. The molecule has 314 valence electrons. The number of fused-ring (bicyclic) bond motifs is 4. The minimum Gasteiger partial charge on any atom is -0.505 e. The summed E-state index contributed by atoms with van der Waals surface area (Å²) in [6, 6.07) is 29.5. The highest BCUT2D eigenvalue weighted by molar-refractivity contribution is 6.36. The van der Waals surface area contributed by atoms with Crippen molar-refractivity contribution in [3.63, 3.8) is 0 Å². The molecule has 1 saturated carbocycles. The number of azo groups is 1. The second-order valence-electron chi connectivity index (χ2n) is 16.0. The number of anilines is 3. The molecule has 12 nitrogen and oxygen atoms in total. The molecule has 0 aromatic heterocycles. The Kier molecular flexibility index (Phi) is 10.3. The predicted molar refractivity (Wildman–Crippen MR) is 233 cm³/mol. The number of imide groups is 2.